The predicted molar refractivity (Wildman–Crippen MR) is 147 cm³/mol. The molecule has 2 fully saturated rings. The number of nitrogen functional groups attached to an aromatic ring is 1. The van der Waals surface area contributed by atoms with Crippen molar-refractivity contribution in [3.05, 3.63) is 0 Å². The van der Waals surface area contributed by atoms with Gasteiger partial charge in [0.25, 0.3) is 0 Å². The summed E-state index contributed by atoms with van der Waals surface area (Å²) in [5, 5.41) is 12.6. The fraction of sp³-hybridized carbons (Fsp3) is 0.852. The highest BCUT2D eigenvalue weighted by Crippen LogP contribution is 2.41. The molecule has 2 aliphatic rings. The summed E-state index contributed by atoms with van der Waals surface area (Å²) in [6, 6.07) is -0.144. The lowest BCUT2D eigenvalue weighted by Gasteiger charge is -2.37. The Balaban J connectivity index is 1.71. The standard InChI is InChI=1S/C27H49N7O4/c1-17(2)19(22(35)29-13-14-30-24-31-23(28)32-33-24)16-21-20(15-18-11-9-8-10-12-18)34(27(6,7)37-21)25(36)38-26(3,4)5/h17-21H,8-16H2,1-7H3,(H,29,35)(H4,28,30,31,32,33)/t19-,20-,21-/m0/s1. The van der Waals surface area contributed by atoms with Crippen molar-refractivity contribution in [2.24, 2.45) is 17.8 Å². The zero-order valence-electron chi connectivity index (χ0n) is 24.3. The minimum Gasteiger partial charge on any atom is -0.444 e. The maximum absolute atomic E-state index is 13.4. The van der Waals surface area contributed by atoms with E-state index in [9.17, 15) is 9.59 Å². The number of carbonyl (C=O) groups is 2. The number of hydrogen-bond acceptors (Lipinski definition) is 8. The first kappa shape index (κ1) is 30.0. The molecule has 2 heterocycles. The fourth-order valence-corrected chi connectivity index (χ4v) is 5.74. The Bertz CT molecular complexity index is 921. The first-order valence-corrected chi connectivity index (χ1v) is 14.2. The van der Waals surface area contributed by atoms with Gasteiger partial charge in [-0.1, -0.05) is 46.0 Å². The van der Waals surface area contributed by atoms with Crippen LogP contribution in [0.4, 0.5) is 16.7 Å². The van der Waals surface area contributed by atoms with Gasteiger partial charge in [-0.2, -0.15) is 4.98 Å². The molecular weight excluding hydrogens is 486 g/mol. The van der Waals surface area contributed by atoms with Crippen LogP contribution in [-0.2, 0) is 14.3 Å². The van der Waals surface area contributed by atoms with Gasteiger partial charge < -0.3 is 25.8 Å². The number of nitrogens with one attached hydrogen (secondary N) is 3. The number of nitrogens with zero attached hydrogens (tertiary/aromatic N) is 3. The number of rotatable bonds is 10. The number of aromatic nitrogens is 3. The molecule has 0 spiro atoms. The van der Waals surface area contributed by atoms with Gasteiger partial charge in [0.2, 0.25) is 17.8 Å². The molecule has 216 valence electrons. The molecule has 1 saturated heterocycles. The Morgan fingerprint density at radius 1 is 1.21 bits per heavy atom. The number of aromatic amines is 1. The lowest BCUT2D eigenvalue weighted by atomic mass is 9.81. The summed E-state index contributed by atoms with van der Waals surface area (Å²) in [5.74, 6) is 0.993. The zero-order chi connectivity index (χ0) is 28.1. The van der Waals surface area contributed by atoms with Crippen LogP contribution in [-0.4, -0.2) is 68.6 Å². The summed E-state index contributed by atoms with van der Waals surface area (Å²) in [6.07, 6.45) is 6.86. The Morgan fingerprint density at radius 2 is 1.89 bits per heavy atom. The first-order valence-electron chi connectivity index (χ1n) is 14.2. The number of H-pyrrole nitrogens is 1. The van der Waals surface area contributed by atoms with Crippen molar-refractivity contribution in [3.63, 3.8) is 0 Å². The van der Waals surface area contributed by atoms with E-state index in [1.54, 1.807) is 4.90 Å². The minimum absolute atomic E-state index is 0.0233. The monoisotopic (exact) mass is 535 g/mol. The van der Waals surface area contributed by atoms with Crippen molar-refractivity contribution in [1.82, 2.24) is 25.4 Å². The highest BCUT2D eigenvalue weighted by Gasteiger charge is 2.52. The average molecular weight is 536 g/mol. The van der Waals surface area contributed by atoms with E-state index in [0.29, 0.717) is 31.4 Å². The first-order chi connectivity index (χ1) is 17.8. The van der Waals surface area contributed by atoms with Crippen LogP contribution in [0.25, 0.3) is 0 Å². The molecule has 0 radical (unpaired) electrons. The molecule has 1 saturated carbocycles. The third-order valence-electron chi connectivity index (χ3n) is 7.51. The molecule has 0 aromatic carbocycles. The van der Waals surface area contributed by atoms with Gasteiger partial charge in [0.05, 0.1) is 12.1 Å². The molecule has 1 aliphatic heterocycles. The Kier molecular flexibility index (Phi) is 9.89. The highest BCUT2D eigenvalue weighted by atomic mass is 16.6. The van der Waals surface area contributed by atoms with Crippen molar-refractivity contribution in [1.29, 1.82) is 0 Å². The van der Waals surface area contributed by atoms with Gasteiger partial charge >= 0.3 is 6.09 Å². The van der Waals surface area contributed by atoms with Crippen molar-refractivity contribution in [2.75, 3.05) is 24.1 Å². The molecule has 1 aromatic rings. The molecule has 38 heavy (non-hydrogen) atoms. The normalized spacial score (nSPS) is 22.9. The van der Waals surface area contributed by atoms with Gasteiger partial charge in [-0.15, -0.1) is 5.10 Å². The van der Waals surface area contributed by atoms with Crippen molar-refractivity contribution in [2.45, 2.75) is 117 Å². The number of hydrogen-bond donors (Lipinski definition) is 4. The van der Waals surface area contributed by atoms with E-state index in [1.165, 1.54) is 32.1 Å². The Labute approximate surface area is 227 Å². The zero-order valence-corrected chi connectivity index (χ0v) is 24.3. The fourth-order valence-electron chi connectivity index (χ4n) is 5.74. The van der Waals surface area contributed by atoms with Crippen LogP contribution >= 0.6 is 0 Å². The van der Waals surface area contributed by atoms with Crippen molar-refractivity contribution in [3.8, 4) is 0 Å². The van der Waals surface area contributed by atoms with Crippen molar-refractivity contribution >= 4 is 23.9 Å². The second kappa shape index (κ2) is 12.5. The topological polar surface area (TPSA) is 147 Å². The molecule has 3 atom stereocenters. The molecule has 5 N–H and O–H groups in total. The molecular formula is C27H49N7O4. The highest BCUT2D eigenvalue weighted by molar-refractivity contribution is 5.79. The van der Waals surface area contributed by atoms with Crippen LogP contribution in [0.3, 0.4) is 0 Å². The number of anilines is 2. The summed E-state index contributed by atoms with van der Waals surface area (Å²) in [6.45, 7) is 14.5. The van der Waals surface area contributed by atoms with E-state index in [-0.39, 0.29) is 41.9 Å². The second-order valence-electron chi connectivity index (χ2n) is 12.6. The van der Waals surface area contributed by atoms with Gasteiger partial charge in [-0.3, -0.25) is 9.69 Å². The quantitative estimate of drug-likeness (QED) is 0.324. The number of ether oxygens (including phenoxy) is 2. The minimum atomic E-state index is -0.827. The summed E-state index contributed by atoms with van der Waals surface area (Å²) >= 11 is 0. The number of amides is 2. The van der Waals surface area contributed by atoms with Crippen LogP contribution in [0.15, 0.2) is 0 Å². The van der Waals surface area contributed by atoms with Gasteiger partial charge in [0.1, 0.15) is 11.3 Å². The van der Waals surface area contributed by atoms with E-state index < -0.39 is 11.3 Å². The van der Waals surface area contributed by atoms with Crippen LogP contribution < -0.4 is 16.4 Å². The lowest BCUT2D eigenvalue weighted by Crippen LogP contribution is -2.51. The molecule has 11 heteroatoms. The Morgan fingerprint density at radius 3 is 2.47 bits per heavy atom. The number of nitrogens with two attached hydrogens (primary N) is 1. The third kappa shape index (κ3) is 8.22. The summed E-state index contributed by atoms with van der Waals surface area (Å²) in [5.41, 5.74) is 4.11. The molecule has 0 unspecified atom stereocenters. The number of carbonyl (C=O) groups excluding carboxylic acids is 2. The van der Waals surface area contributed by atoms with Crippen LogP contribution in [0, 0.1) is 17.8 Å². The van der Waals surface area contributed by atoms with Crippen LogP contribution in [0.1, 0.15) is 93.4 Å². The van der Waals surface area contributed by atoms with Gasteiger partial charge in [0.15, 0.2) is 0 Å². The van der Waals surface area contributed by atoms with Gasteiger partial charge in [-0.25, -0.2) is 9.89 Å². The summed E-state index contributed by atoms with van der Waals surface area (Å²) in [7, 11) is 0. The second-order valence-corrected chi connectivity index (χ2v) is 12.6. The average Bonchev–Trinajstić information content (AvgIpc) is 3.33. The SMILES string of the molecule is CC(C)[C@H](C[C@@H]1OC(C)(C)N(C(=O)OC(C)(C)C)[C@H]1CC1CCCCC1)C(=O)NCCNc1n[nH]c(N)n1. The molecule has 0 bridgehead atoms. The largest absolute Gasteiger partial charge is 0.444 e. The van der Waals surface area contributed by atoms with Crippen LogP contribution in [0.5, 0.6) is 0 Å². The van der Waals surface area contributed by atoms with Gasteiger partial charge in [-0.05, 0) is 59.3 Å². The van der Waals surface area contributed by atoms with E-state index >= 15 is 0 Å². The van der Waals surface area contributed by atoms with Crippen molar-refractivity contribution < 1.29 is 19.1 Å². The molecule has 3 rings (SSSR count). The molecule has 2 amide bonds. The molecule has 1 aliphatic carbocycles. The summed E-state index contributed by atoms with van der Waals surface area (Å²) < 4.78 is 12.4. The third-order valence-corrected chi connectivity index (χ3v) is 7.51. The van der Waals surface area contributed by atoms with Crippen LogP contribution in [0.2, 0.25) is 0 Å². The van der Waals surface area contributed by atoms with E-state index in [1.807, 2.05) is 34.6 Å². The maximum atomic E-state index is 13.4. The van der Waals surface area contributed by atoms with E-state index in [2.05, 4.69) is 39.7 Å². The lowest BCUT2D eigenvalue weighted by molar-refractivity contribution is -0.129. The maximum Gasteiger partial charge on any atom is 0.412 e. The van der Waals surface area contributed by atoms with Gasteiger partial charge in [0, 0.05) is 19.0 Å². The molecule has 1 aromatic heterocycles. The molecule has 11 nitrogen and oxygen atoms in total. The predicted octanol–water partition coefficient (Wildman–Crippen LogP) is 4.29. The smallest absolute Gasteiger partial charge is 0.412 e. The van der Waals surface area contributed by atoms with E-state index in [0.717, 1.165) is 6.42 Å². The summed E-state index contributed by atoms with van der Waals surface area (Å²) in [4.78, 5) is 32.5. The van der Waals surface area contributed by atoms with E-state index in [4.69, 9.17) is 15.2 Å². The Hall–Kier alpha value is -2.56.